The summed E-state index contributed by atoms with van der Waals surface area (Å²) in [5, 5.41) is 0. The van der Waals surface area contributed by atoms with Crippen molar-refractivity contribution in [3.05, 3.63) is 0 Å². The third kappa shape index (κ3) is 3.72. The lowest BCUT2D eigenvalue weighted by molar-refractivity contribution is -0.168. The van der Waals surface area contributed by atoms with E-state index < -0.39 is 11.9 Å². The first kappa shape index (κ1) is 14.0. The minimum Gasteiger partial charge on any atom is -0.466 e. The van der Waals surface area contributed by atoms with Gasteiger partial charge in [-0.1, -0.05) is 13.8 Å². The maximum absolute atomic E-state index is 11.7. The van der Waals surface area contributed by atoms with Crippen molar-refractivity contribution in [3.63, 3.8) is 0 Å². The average molecular weight is 242 g/mol. The summed E-state index contributed by atoms with van der Waals surface area (Å²) < 4.78 is 10.3. The topological polar surface area (TPSA) is 52.6 Å². The summed E-state index contributed by atoms with van der Waals surface area (Å²) in [6.45, 7) is 6.13. The molecular weight excluding hydrogens is 220 g/mol. The van der Waals surface area contributed by atoms with Gasteiger partial charge in [0.15, 0.2) is 0 Å². The molecule has 0 saturated heterocycles. The number of carbonyl (C=O) groups is 2. The molecule has 1 saturated carbocycles. The van der Waals surface area contributed by atoms with Gasteiger partial charge in [-0.2, -0.15) is 0 Å². The van der Waals surface area contributed by atoms with Crippen LogP contribution in [-0.4, -0.2) is 24.1 Å². The second-order valence-electron chi connectivity index (χ2n) is 4.88. The molecule has 0 unspecified atom stereocenters. The molecule has 0 aromatic rings. The fourth-order valence-corrected chi connectivity index (χ4v) is 2.36. The molecule has 1 rings (SSSR count). The Morgan fingerprint density at radius 2 is 1.76 bits per heavy atom. The van der Waals surface area contributed by atoms with Crippen molar-refractivity contribution < 1.29 is 19.1 Å². The molecule has 0 amide bonds. The third-order valence-electron chi connectivity index (χ3n) is 3.41. The first-order valence-corrected chi connectivity index (χ1v) is 6.37. The quantitative estimate of drug-likeness (QED) is 0.549. The smallest absolute Gasteiger partial charge is 0.317 e. The fraction of sp³-hybridized carbons (Fsp3) is 0.846. The molecule has 17 heavy (non-hydrogen) atoms. The Bertz CT molecular complexity index is 277. The number of hydrogen-bond donors (Lipinski definition) is 0. The summed E-state index contributed by atoms with van der Waals surface area (Å²) in [4.78, 5) is 22.8. The van der Waals surface area contributed by atoms with Crippen LogP contribution in [0, 0.1) is 5.92 Å². The van der Waals surface area contributed by atoms with Gasteiger partial charge in [-0.3, -0.25) is 9.59 Å². The van der Waals surface area contributed by atoms with Crippen LogP contribution >= 0.6 is 0 Å². The van der Waals surface area contributed by atoms with E-state index in [2.05, 4.69) is 13.8 Å². The first-order chi connectivity index (χ1) is 8.00. The highest BCUT2D eigenvalue weighted by atomic mass is 16.6. The van der Waals surface area contributed by atoms with Crippen LogP contribution in [0.3, 0.4) is 0 Å². The van der Waals surface area contributed by atoms with E-state index in [1.54, 1.807) is 6.92 Å². The molecule has 0 aliphatic heterocycles. The molecular formula is C13H22O4. The van der Waals surface area contributed by atoms with Crippen LogP contribution in [0.2, 0.25) is 0 Å². The van der Waals surface area contributed by atoms with Crippen LogP contribution < -0.4 is 0 Å². The Hall–Kier alpha value is -1.06. The van der Waals surface area contributed by atoms with E-state index in [4.69, 9.17) is 9.47 Å². The van der Waals surface area contributed by atoms with Crippen molar-refractivity contribution in [2.24, 2.45) is 5.92 Å². The summed E-state index contributed by atoms with van der Waals surface area (Å²) >= 11 is 0. The molecule has 0 aromatic heterocycles. The second kappa shape index (κ2) is 6.03. The van der Waals surface area contributed by atoms with Crippen molar-refractivity contribution in [3.8, 4) is 0 Å². The summed E-state index contributed by atoms with van der Waals surface area (Å²) in [7, 11) is 0. The summed E-state index contributed by atoms with van der Waals surface area (Å²) in [6.07, 6.45) is 3.70. The second-order valence-corrected chi connectivity index (χ2v) is 4.88. The predicted molar refractivity (Wildman–Crippen MR) is 63.4 cm³/mol. The number of ether oxygens (including phenoxy) is 2. The van der Waals surface area contributed by atoms with Gasteiger partial charge < -0.3 is 9.47 Å². The molecule has 1 aliphatic carbocycles. The highest BCUT2D eigenvalue weighted by Crippen LogP contribution is 2.39. The highest BCUT2D eigenvalue weighted by Gasteiger charge is 2.40. The lowest BCUT2D eigenvalue weighted by Gasteiger charge is -2.33. The van der Waals surface area contributed by atoms with E-state index in [1.807, 2.05) is 0 Å². The average Bonchev–Trinajstić information content (AvgIpc) is 2.67. The zero-order valence-electron chi connectivity index (χ0n) is 11.0. The molecule has 4 heteroatoms. The van der Waals surface area contributed by atoms with Gasteiger partial charge in [-0.25, -0.2) is 0 Å². The van der Waals surface area contributed by atoms with Crippen molar-refractivity contribution in [1.82, 2.24) is 0 Å². The van der Waals surface area contributed by atoms with E-state index in [0.29, 0.717) is 6.61 Å². The number of esters is 2. The van der Waals surface area contributed by atoms with E-state index in [1.165, 1.54) is 0 Å². The van der Waals surface area contributed by atoms with Crippen molar-refractivity contribution in [1.29, 1.82) is 0 Å². The monoisotopic (exact) mass is 242 g/mol. The third-order valence-corrected chi connectivity index (χ3v) is 3.41. The van der Waals surface area contributed by atoms with Crippen LogP contribution in [0.25, 0.3) is 0 Å². The molecule has 4 nitrogen and oxygen atoms in total. The van der Waals surface area contributed by atoms with E-state index in [0.717, 1.165) is 25.7 Å². The van der Waals surface area contributed by atoms with Crippen LogP contribution in [-0.2, 0) is 19.1 Å². The predicted octanol–water partition coefficient (Wildman–Crippen LogP) is 2.45. The van der Waals surface area contributed by atoms with E-state index >= 15 is 0 Å². The van der Waals surface area contributed by atoms with Crippen LogP contribution in [0.4, 0.5) is 0 Å². The Kier molecular flexibility index (Phi) is 4.97. The molecule has 0 bridgehead atoms. The number of rotatable bonds is 5. The SMILES string of the molecule is CCOC(=O)CC(=O)OC1(C(C)C)CCCC1. The summed E-state index contributed by atoms with van der Waals surface area (Å²) in [5.74, 6) is -0.676. The molecule has 0 heterocycles. The van der Waals surface area contributed by atoms with Gasteiger partial charge >= 0.3 is 11.9 Å². The molecule has 0 spiro atoms. The van der Waals surface area contributed by atoms with Gasteiger partial charge in [0.25, 0.3) is 0 Å². The Balaban J connectivity index is 2.51. The number of hydrogen-bond acceptors (Lipinski definition) is 4. The number of carbonyl (C=O) groups excluding carboxylic acids is 2. The van der Waals surface area contributed by atoms with Crippen molar-refractivity contribution in [2.45, 2.75) is 58.5 Å². The van der Waals surface area contributed by atoms with Crippen LogP contribution in [0.15, 0.2) is 0 Å². The zero-order chi connectivity index (χ0) is 12.9. The molecule has 0 aromatic carbocycles. The van der Waals surface area contributed by atoms with E-state index in [9.17, 15) is 9.59 Å². The normalized spacial score (nSPS) is 18.1. The van der Waals surface area contributed by atoms with Crippen molar-refractivity contribution >= 4 is 11.9 Å². The van der Waals surface area contributed by atoms with Gasteiger partial charge in [0, 0.05) is 0 Å². The summed E-state index contributed by atoms with van der Waals surface area (Å²) in [6, 6.07) is 0. The lowest BCUT2D eigenvalue weighted by atomic mass is 9.88. The Morgan fingerprint density at radius 1 is 1.18 bits per heavy atom. The molecule has 0 atom stereocenters. The van der Waals surface area contributed by atoms with Gasteiger partial charge in [0.2, 0.25) is 0 Å². The molecule has 0 N–H and O–H groups in total. The Labute approximate surface area is 103 Å². The van der Waals surface area contributed by atoms with Gasteiger partial charge in [-0.15, -0.1) is 0 Å². The minimum absolute atomic E-state index is 0.275. The maximum atomic E-state index is 11.7. The summed E-state index contributed by atoms with van der Waals surface area (Å²) in [5.41, 5.74) is -0.358. The van der Waals surface area contributed by atoms with Crippen molar-refractivity contribution in [2.75, 3.05) is 6.61 Å². The maximum Gasteiger partial charge on any atom is 0.317 e. The van der Waals surface area contributed by atoms with Crippen LogP contribution in [0.1, 0.15) is 52.9 Å². The van der Waals surface area contributed by atoms with Crippen LogP contribution in [0.5, 0.6) is 0 Å². The standard InChI is InChI=1S/C13H22O4/c1-4-16-11(14)9-12(15)17-13(10(2)3)7-5-6-8-13/h10H,4-9H2,1-3H3. The molecule has 98 valence electrons. The molecule has 1 aliphatic rings. The van der Waals surface area contributed by atoms with Gasteiger partial charge in [0.05, 0.1) is 6.61 Å². The first-order valence-electron chi connectivity index (χ1n) is 6.37. The largest absolute Gasteiger partial charge is 0.466 e. The fourth-order valence-electron chi connectivity index (χ4n) is 2.36. The molecule has 0 radical (unpaired) electrons. The Morgan fingerprint density at radius 3 is 2.24 bits per heavy atom. The molecule has 1 fully saturated rings. The van der Waals surface area contributed by atoms with Gasteiger partial charge in [0.1, 0.15) is 12.0 Å². The zero-order valence-corrected chi connectivity index (χ0v) is 11.0. The van der Waals surface area contributed by atoms with Gasteiger partial charge in [-0.05, 0) is 38.5 Å². The lowest BCUT2D eigenvalue weighted by Crippen LogP contribution is -2.38. The highest BCUT2D eigenvalue weighted by molar-refractivity contribution is 5.91. The minimum atomic E-state index is -0.505. The van der Waals surface area contributed by atoms with E-state index in [-0.39, 0.29) is 17.9 Å².